The zero-order chi connectivity index (χ0) is 14.5. The second-order valence-electron chi connectivity index (χ2n) is 4.29. The van der Waals surface area contributed by atoms with Crippen LogP contribution in [0.15, 0.2) is 64.9 Å². The first-order valence-corrected chi connectivity index (χ1v) is 7.27. The van der Waals surface area contributed by atoms with Crippen LogP contribution < -0.4 is 4.74 Å². The van der Waals surface area contributed by atoms with Gasteiger partial charge in [-0.1, -0.05) is 24.8 Å². The van der Waals surface area contributed by atoms with E-state index in [4.69, 9.17) is 4.74 Å². The number of hydrogen-bond donors (Lipinski definition) is 1. The number of aromatic hydroxyl groups is 1. The summed E-state index contributed by atoms with van der Waals surface area (Å²) in [5.41, 5.74) is 0.652. The molecule has 4 heteroatoms. The third kappa shape index (κ3) is 3.27. The smallest absolute Gasteiger partial charge is 0.119 e. The molecule has 0 saturated heterocycles. The molecule has 2 aromatic carbocycles. The van der Waals surface area contributed by atoms with Crippen LogP contribution in [0.5, 0.6) is 11.5 Å². The summed E-state index contributed by atoms with van der Waals surface area (Å²) in [6.45, 7) is 3.87. The van der Waals surface area contributed by atoms with E-state index in [1.807, 2.05) is 18.2 Å². The molecular formula is C16H16O3S. The van der Waals surface area contributed by atoms with Crippen molar-refractivity contribution in [2.75, 3.05) is 7.11 Å². The average Bonchev–Trinajstić information content (AvgIpc) is 2.49. The van der Waals surface area contributed by atoms with Crippen molar-refractivity contribution in [3.63, 3.8) is 0 Å². The van der Waals surface area contributed by atoms with E-state index in [0.717, 1.165) is 0 Å². The van der Waals surface area contributed by atoms with Gasteiger partial charge in [0.1, 0.15) is 11.5 Å². The molecule has 0 spiro atoms. The summed E-state index contributed by atoms with van der Waals surface area (Å²) >= 11 is 0. The first-order valence-electron chi connectivity index (χ1n) is 6.12. The number of phenols is 1. The lowest BCUT2D eigenvalue weighted by Crippen LogP contribution is -1.99. The molecule has 0 heterocycles. The first kappa shape index (κ1) is 14.3. The zero-order valence-corrected chi connectivity index (χ0v) is 12.0. The molecule has 20 heavy (non-hydrogen) atoms. The number of ether oxygens (including phenoxy) is 1. The minimum absolute atomic E-state index is 0.150. The minimum atomic E-state index is -1.29. The van der Waals surface area contributed by atoms with Crippen molar-refractivity contribution in [2.45, 2.75) is 11.3 Å². The minimum Gasteiger partial charge on any atom is -0.508 e. The first-order chi connectivity index (χ1) is 9.61. The van der Waals surface area contributed by atoms with Crippen LogP contribution in [0.1, 0.15) is 5.56 Å². The highest BCUT2D eigenvalue weighted by Gasteiger charge is 2.11. The lowest BCUT2D eigenvalue weighted by atomic mass is 10.1. The Kier molecular flexibility index (Phi) is 4.58. The Morgan fingerprint density at radius 1 is 1.25 bits per heavy atom. The standard InChI is InChI=1S/C16H16O3S/c1-12(20(18)15-6-4-3-5-7-15)10-13-11-14(19-2)8-9-16(13)17/h3-9,11,17H,1,10H2,2H3. The van der Waals surface area contributed by atoms with E-state index >= 15 is 0 Å². The van der Waals surface area contributed by atoms with Crippen molar-refractivity contribution < 1.29 is 14.1 Å². The van der Waals surface area contributed by atoms with Crippen LogP contribution in [0.2, 0.25) is 0 Å². The highest BCUT2D eigenvalue weighted by molar-refractivity contribution is 7.89. The van der Waals surface area contributed by atoms with E-state index in [1.165, 1.54) is 0 Å². The fourth-order valence-corrected chi connectivity index (χ4v) is 2.84. The van der Waals surface area contributed by atoms with Crippen LogP contribution in [-0.2, 0) is 17.2 Å². The quantitative estimate of drug-likeness (QED) is 0.918. The summed E-state index contributed by atoms with van der Waals surface area (Å²) in [4.78, 5) is 1.25. The van der Waals surface area contributed by atoms with Gasteiger partial charge in [0.15, 0.2) is 0 Å². The van der Waals surface area contributed by atoms with Gasteiger partial charge in [-0.25, -0.2) is 4.21 Å². The monoisotopic (exact) mass is 288 g/mol. The highest BCUT2D eigenvalue weighted by atomic mass is 32.2. The summed E-state index contributed by atoms with van der Waals surface area (Å²) in [6, 6.07) is 14.1. The third-order valence-corrected chi connectivity index (χ3v) is 4.26. The van der Waals surface area contributed by atoms with Crippen LogP contribution in [-0.4, -0.2) is 16.4 Å². The molecule has 0 aromatic heterocycles. The Hall–Kier alpha value is -2.07. The Morgan fingerprint density at radius 2 is 1.95 bits per heavy atom. The van der Waals surface area contributed by atoms with Gasteiger partial charge < -0.3 is 9.84 Å². The Labute approximate surface area is 121 Å². The normalized spacial score (nSPS) is 11.8. The number of hydrogen-bond acceptors (Lipinski definition) is 3. The maximum absolute atomic E-state index is 12.3. The summed E-state index contributed by atoms with van der Waals surface area (Å²) < 4.78 is 17.4. The molecule has 0 fully saturated rings. The van der Waals surface area contributed by atoms with Gasteiger partial charge in [-0.05, 0) is 30.3 Å². The van der Waals surface area contributed by atoms with E-state index < -0.39 is 10.8 Å². The van der Waals surface area contributed by atoms with Crippen molar-refractivity contribution in [3.8, 4) is 11.5 Å². The lowest BCUT2D eigenvalue weighted by molar-refractivity contribution is 0.411. The summed E-state index contributed by atoms with van der Waals surface area (Å²) in [7, 11) is 0.271. The number of allylic oxidation sites excluding steroid dienone is 1. The molecule has 0 saturated carbocycles. The van der Waals surface area contributed by atoms with E-state index in [0.29, 0.717) is 27.5 Å². The van der Waals surface area contributed by atoms with Gasteiger partial charge in [0, 0.05) is 21.8 Å². The maximum Gasteiger partial charge on any atom is 0.119 e. The number of benzene rings is 2. The second-order valence-corrected chi connectivity index (χ2v) is 5.88. The Morgan fingerprint density at radius 3 is 2.60 bits per heavy atom. The van der Waals surface area contributed by atoms with E-state index in [9.17, 15) is 9.32 Å². The number of rotatable bonds is 5. The van der Waals surface area contributed by atoms with Gasteiger partial charge in [-0.3, -0.25) is 0 Å². The fraction of sp³-hybridized carbons (Fsp3) is 0.125. The van der Waals surface area contributed by atoms with E-state index in [1.54, 1.807) is 37.4 Å². The summed E-state index contributed by atoms with van der Waals surface area (Å²) in [5.74, 6) is 0.799. The van der Waals surface area contributed by atoms with Crippen molar-refractivity contribution >= 4 is 10.8 Å². The number of phenolic OH excluding ortho intramolecular Hbond substituents is 1. The molecule has 0 aliphatic heterocycles. The van der Waals surface area contributed by atoms with Gasteiger partial charge in [-0.15, -0.1) is 0 Å². The predicted octanol–water partition coefficient (Wildman–Crippen LogP) is 3.26. The van der Waals surface area contributed by atoms with Gasteiger partial charge in [0.2, 0.25) is 0 Å². The SMILES string of the molecule is C=C(Cc1cc(OC)ccc1O)S(=O)c1ccccc1. The van der Waals surface area contributed by atoms with Crippen molar-refractivity contribution in [1.29, 1.82) is 0 Å². The van der Waals surface area contributed by atoms with Crippen LogP contribution >= 0.6 is 0 Å². The van der Waals surface area contributed by atoms with Crippen LogP contribution in [0.25, 0.3) is 0 Å². The highest BCUT2D eigenvalue weighted by Crippen LogP contribution is 2.26. The van der Waals surface area contributed by atoms with E-state index in [-0.39, 0.29) is 5.75 Å². The molecule has 1 atom stereocenters. The van der Waals surface area contributed by atoms with Gasteiger partial charge in [-0.2, -0.15) is 0 Å². The molecule has 2 aromatic rings. The topological polar surface area (TPSA) is 46.5 Å². The lowest BCUT2D eigenvalue weighted by Gasteiger charge is -2.09. The van der Waals surface area contributed by atoms with Crippen molar-refractivity contribution in [3.05, 3.63) is 65.6 Å². The zero-order valence-electron chi connectivity index (χ0n) is 11.2. The summed E-state index contributed by atoms with van der Waals surface area (Å²) in [5, 5.41) is 9.84. The third-order valence-electron chi connectivity index (χ3n) is 2.89. The molecule has 3 nitrogen and oxygen atoms in total. The molecule has 2 rings (SSSR count). The van der Waals surface area contributed by atoms with Crippen LogP contribution in [0.3, 0.4) is 0 Å². The Balaban J connectivity index is 2.18. The van der Waals surface area contributed by atoms with Crippen LogP contribution in [0, 0.1) is 0 Å². The molecule has 104 valence electrons. The van der Waals surface area contributed by atoms with E-state index in [2.05, 4.69) is 6.58 Å². The van der Waals surface area contributed by atoms with Gasteiger partial charge in [0.05, 0.1) is 17.9 Å². The molecule has 0 radical (unpaired) electrons. The van der Waals surface area contributed by atoms with Crippen LogP contribution in [0.4, 0.5) is 0 Å². The molecule has 1 unspecified atom stereocenters. The molecular weight excluding hydrogens is 272 g/mol. The predicted molar refractivity (Wildman–Crippen MR) is 80.4 cm³/mol. The Bertz CT molecular complexity index is 635. The molecule has 1 N–H and O–H groups in total. The summed E-state index contributed by atoms with van der Waals surface area (Å²) in [6.07, 6.45) is 0.338. The maximum atomic E-state index is 12.3. The largest absolute Gasteiger partial charge is 0.508 e. The molecule has 0 aliphatic rings. The van der Waals surface area contributed by atoms with Gasteiger partial charge >= 0.3 is 0 Å². The molecule has 0 amide bonds. The van der Waals surface area contributed by atoms with Crippen molar-refractivity contribution in [2.24, 2.45) is 0 Å². The van der Waals surface area contributed by atoms with Gasteiger partial charge in [0.25, 0.3) is 0 Å². The molecule has 0 aliphatic carbocycles. The number of methoxy groups -OCH3 is 1. The van der Waals surface area contributed by atoms with Crippen molar-refractivity contribution in [1.82, 2.24) is 0 Å². The average molecular weight is 288 g/mol. The fourth-order valence-electron chi connectivity index (χ4n) is 1.82. The second kappa shape index (κ2) is 6.39. The molecule has 0 bridgehead atoms.